The van der Waals surface area contributed by atoms with Gasteiger partial charge in [0, 0.05) is 6.42 Å². The van der Waals surface area contributed by atoms with Crippen LogP contribution >= 0.6 is 0 Å². The summed E-state index contributed by atoms with van der Waals surface area (Å²) < 4.78 is 18.1. The number of rotatable bonds is 8. The van der Waals surface area contributed by atoms with Crippen LogP contribution in [0.25, 0.3) is 0 Å². The Kier molecular flexibility index (Phi) is 7.30. The van der Waals surface area contributed by atoms with Crippen LogP contribution in [0, 0.1) is 0 Å². The lowest BCUT2D eigenvalue weighted by Gasteiger charge is -2.14. The first-order valence-corrected chi connectivity index (χ1v) is 8.02. The van der Waals surface area contributed by atoms with Crippen molar-refractivity contribution in [1.82, 2.24) is 10.6 Å². The number of halogens is 1. The highest BCUT2D eigenvalue weighted by Gasteiger charge is 2.21. The molecule has 7 heteroatoms. The van der Waals surface area contributed by atoms with Crippen LogP contribution in [0.4, 0.5) is 9.18 Å². The molecule has 0 aliphatic carbocycles. The minimum atomic E-state index is -1.64. The molecular formula is C19H19FN2O4. The smallest absolute Gasteiger partial charge is 0.407 e. The summed E-state index contributed by atoms with van der Waals surface area (Å²) in [5.74, 6) is -0.686. The van der Waals surface area contributed by atoms with Crippen LogP contribution in [-0.4, -0.2) is 30.6 Å². The van der Waals surface area contributed by atoms with Gasteiger partial charge in [0.25, 0.3) is 0 Å². The number of nitrogens with one attached hydrogen (secondary N) is 2. The second kappa shape index (κ2) is 9.93. The predicted octanol–water partition coefficient (Wildman–Crippen LogP) is 2.14. The Bertz CT molecular complexity index is 738. The average molecular weight is 358 g/mol. The van der Waals surface area contributed by atoms with Gasteiger partial charge in [0.2, 0.25) is 5.91 Å². The van der Waals surface area contributed by atoms with Gasteiger partial charge >= 0.3 is 12.1 Å². The van der Waals surface area contributed by atoms with Gasteiger partial charge in [-0.3, -0.25) is 9.59 Å². The zero-order chi connectivity index (χ0) is 18.8. The fourth-order valence-corrected chi connectivity index (χ4v) is 2.21. The van der Waals surface area contributed by atoms with Gasteiger partial charge < -0.3 is 15.4 Å². The molecule has 136 valence electrons. The Balaban J connectivity index is 1.75. The molecular weight excluding hydrogens is 339 g/mol. The summed E-state index contributed by atoms with van der Waals surface area (Å²) in [7, 11) is 0. The summed E-state index contributed by atoms with van der Waals surface area (Å²) in [5, 5.41) is 4.51. The SMILES string of the molecule is O=C(CNC(=O)OCc1ccccc1)N[C@@H](Cc1ccccc1)C(=O)F. The monoisotopic (exact) mass is 358 g/mol. The third-order valence-electron chi connectivity index (χ3n) is 3.50. The Labute approximate surface area is 150 Å². The lowest BCUT2D eigenvalue weighted by molar-refractivity contribution is -0.134. The van der Waals surface area contributed by atoms with Crippen molar-refractivity contribution in [3.8, 4) is 0 Å². The van der Waals surface area contributed by atoms with Gasteiger partial charge in [-0.1, -0.05) is 60.7 Å². The van der Waals surface area contributed by atoms with Crippen LogP contribution in [-0.2, 0) is 27.4 Å². The van der Waals surface area contributed by atoms with E-state index in [-0.39, 0.29) is 13.0 Å². The summed E-state index contributed by atoms with van der Waals surface area (Å²) in [6.07, 6.45) is -0.754. The number of hydrogen-bond donors (Lipinski definition) is 2. The molecule has 0 spiro atoms. The highest BCUT2D eigenvalue weighted by molar-refractivity contribution is 5.87. The predicted molar refractivity (Wildman–Crippen MR) is 92.8 cm³/mol. The number of ether oxygens (including phenoxy) is 1. The van der Waals surface area contributed by atoms with Gasteiger partial charge in [-0.2, -0.15) is 4.39 Å². The zero-order valence-corrected chi connectivity index (χ0v) is 14.0. The third-order valence-corrected chi connectivity index (χ3v) is 3.50. The first kappa shape index (κ1) is 19.1. The van der Waals surface area contributed by atoms with E-state index in [0.717, 1.165) is 5.56 Å². The zero-order valence-electron chi connectivity index (χ0n) is 14.0. The van der Waals surface area contributed by atoms with E-state index in [2.05, 4.69) is 10.6 Å². The minimum Gasteiger partial charge on any atom is -0.445 e. The number of hydrogen-bond acceptors (Lipinski definition) is 4. The van der Waals surface area contributed by atoms with E-state index in [1.165, 1.54) is 0 Å². The van der Waals surface area contributed by atoms with E-state index in [1.54, 1.807) is 42.5 Å². The maximum absolute atomic E-state index is 13.2. The van der Waals surface area contributed by atoms with Gasteiger partial charge in [-0.15, -0.1) is 0 Å². The van der Waals surface area contributed by atoms with Crippen molar-refractivity contribution in [3.63, 3.8) is 0 Å². The lowest BCUT2D eigenvalue weighted by atomic mass is 10.1. The number of carbonyl (C=O) groups is 3. The molecule has 6 nitrogen and oxygen atoms in total. The van der Waals surface area contributed by atoms with Crippen molar-refractivity contribution < 1.29 is 23.5 Å². The van der Waals surface area contributed by atoms with Crippen molar-refractivity contribution in [1.29, 1.82) is 0 Å². The Morgan fingerprint density at radius 1 is 0.923 bits per heavy atom. The van der Waals surface area contributed by atoms with Crippen LogP contribution in [0.3, 0.4) is 0 Å². The molecule has 0 aliphatic rings. The fourth-order valence-electron chi connectivity index (χ4n) is 2.21. The molecule has 0 fully saturated rings. The number of benzene rings is 2. The summed E-state index contributed by atoms with van der Waals surface area (Å²) in [5.41, 5.74) is 1.51. The van der Waals surface area contributed by atoms with Crippen LogP contribution in [0.2, 0.25) is 0 Å². The number of carbonyl (C=O) groups excluding carboxylic acids is 3. The Morgan fingerprint density at radius 2 is 1.50 bits per heavy atom. The standard InChI is InChI=1S/C19H19FN2O4/c20-18(24)16(11-14-7-3-1-4-8-14)22-17(23)12-21-19(25)26-13-15-9-5-2-6-10-15/h1-10,16H,11-13H2,(H,21,25)(H,22,23)/t16-/m0/s1. The van der Waals surface area contributed by atoms with Crippen LogP contribution in [0.15, 0.2) is 60.7 Å². The summed E-state index contributed by atoms with van der Waals surface area (Å²) >= 11 is 0. The molecule has 0 saturated heterocycles. The van der Waals surface area contributed by atoms with Crippen LogP contribution in [0.5, 0.6) is 0 Å². The maximum atomic E-state index is 13.2. The quantitative estimate of drug-likeness (QED) is 0.708. The molecule has 2 N–H and O–H groups in total. The minimum absolute atomic E-state index is 0.0281. The number of alkyl carbamates (subject to hydrolysis) is 1. The van der Waals surface area contributed by atoms with Crippen LogP contribution < -0.4 is 10.6 Å². The van der Waals surface area contributed by atoms with Gasteiger partial charge in [0.15, 0.2) is 0 Å². The van der Waals surface area contributed by atoms with Crippen molar-refractivity contribution in [3.05, 3.63) is 71.8 Å². The van der Waals surface area contributed by atoms with E-state index < -0.39 is 30.6 Å². The van der Waals surface area contributed by atoms with Crippen LogP contribution in [0.1, 0.15) is 11.1 Å². The van der Waals surface area contributed by atoms with E-state index in [0.29, 0.717) is 5.56 Å². The van der Waals surface area contributed by atoms with E-state index in [4.69, 9.17) is 4.74 Å². The van der Waals surface area contributed by atoms with Gasteiger partial charge in [-0.05, 0) is 11.1 Å². The summed E-state index contributed by atoms with van der Waals surface area (Å²) in [6, 6.07) is 14.8. The fraction of sp³-hybridized carbons (Fsp3) is 0.211. The highest BCUT2D eigenvalue weighted by atomic mass is 19.1. The van der Waals surface area contributed by atoms with Crippen molar-refractivity contribution >= 4 is 18.0 Å². The molecule has 0 aliphatic heterocycles. The molecule has 0 unspecified atom stereocenters. The molecule has 0 radical (unpaired) electrons. The lowest BCUT2D eigenvalue weighted by Crippen LogP contribution is -2.45. The Morgan fingerprint density at radius 3 is 2.08 bits per heavy atom. The van der Waals surface area contributed by atoms with Gasteiger partial charge in [0.1, 0.15) is 19.2 Å². The second-order valence-electron chi connectivity index (χ2n) is 5.53. The third kappa shape index (κ3) is 6.72. The maximum Gasteiger partial charge on any atom is 0.407 e. The summed E-state index contributed by atoms with van der Waals surface area (Å²) in [4.78, 5) is 34.5. The first-order valence-electron chi connectivity index (χ1n) is 8.02. The van der Waals surface area contributed by atoms with Crippen molar-refractivity contribution in [2.24, 2.45) is 0 Å². The normalized spacial score (nSPS) is 11.3. The second-order valence-corrected chi connectivity index (χ2v) is 5.53. The summed E-state index contributed by atoms with van der Waals surface area (Å²) in [6.45, 7) is -0.361. The molecule has 0 bridgehead atoms. The Hall–Kier alpha value is -3.22. The molecule has 0 heterocycles. The molecule has 0 aromatic heterocycles. The molecule has 26 heavy (non-hydrogen) atoms. The average Bonchev–Trinajstić information content (AvgIpc) is 2.66. The molecule has 0 saturated carbocycles. The van der Waals surface area contributed by atoms with E-state index in [1.807, 2.05) is 18.2 Å². The number of amides is 2. The largest absolute Gasteiger partial charge is 0.445 e. The molecule has 2 aromatic carbocycles. The van der Waals surface area contributed by atoms with E-state index >= 15 is 0 Å². The molecule has 2 aromatic rings. The van der Waals surface area contributed by atoms with E-state index in [9.17, 15) is 18.8 Å². The van der Waals surface area contributed by atoms with Crippen molar-refractivity contribution in [2.75, 3.05) is 6.54 Å². The van der Waals surface area contributed by atoms with Gasteiger partial charge in [0.05, 0.1) is 0 Å². The molecule has 2 amide bonds. The van der Waals surface area contributed by atoms with Gasteiger partial charge in [-0.25, -0.2) is 4.79 Å². The highest BCUT2D eigenvalue weighted by Crippen LogP contribution is 2.04. The topological polar surface area (TPSA) is 84.5 Å². The van der Waals surface area contributed by atoms with Crippen molar-refractivity contribution in [2.45, 2.75) is 19.1 Å². The first-order chi connectivity index (χ1) is 12.5. The molecule has 2 rings (SSSR count). The molecule has 1 atom stereocenters.